The summed E-state index contributed by atoms with van der Waals surface area (Å²) >= 11 is 0. The molecular weight excluding hydrogens is 323 g/mol. The number of hydrogen-bond acceptors (Lipinski definition) is 3. The van der Waals surface area contributed by atoms with E-state index in [1.165, 1.54) is 18.2 Å². The van der Waals surface area contributed by atoms with Gasteiger partial charge in [0, 0.05) is 17.8 Å². The van der Waals surface area contributed by atoms with Gasteiger partial charge in [0.2, 0.25) is 11.8 Å². The largest absolute Gasteiger partial charge is 0.491 e. The van der Waals surface area contributed by atoms with Crippen molar-refractivity contribution in [2.24, 2.45) is 0 Å². The first-order chi connectivity index (χ1) is 11.9. The molecule has 1 aliphatic heterocycles. The van der Waals surface area contributed by atoms with Crippen LogP contribution in [0.25, 0.3) is 0 Å². The fourth-order valence-electron chi connectivity index (χ4n) is 2.79. The number of ether oxygens (including phenoxy) is 1. The topological polar surface area (TPSA) is 67.4 Å². The Bertz CT molecular complexity index is 803. The van der Waals surface area contributed by atoms with E-state index in [4.69, 9.17) is 4.74 Å². The van der Waals surface area contributed by atoms with E-state index in [-0.39, 0.29) is 24.3 Å². The molecule has 2 aromatic carbocycles. The minimum absolute atomic E-state index is 0.0268. The molecule has 130 valence electrons. The predicted molar refractivity (Wildman–Crippen MR) is 93.2 cm³/mol. The van der Waals surface area contributed by atoms with Crippen LogP contribution in [0.5, 0.6) is 5.75 Å². The molecule has 1 heterocycles. The molecule has 3 rings (SSSR count). The molecule has 0 saturated carbocycles. The van der Waals surface area contributed by atoms with Gasteiger partial charge in [-0.1, -0.05) is 6.07 Å². The number of carbonyl (C=O) groups excluding carboxylic acids is 2. The Kier molecular flexibility index (Phi) is 4.70. The third kappa shape index (κ3) is 3.96. The zero-order chi connectivity index (χ0) is 18.0. The highest BCUT2D eigenvalue weighted by Gasteiger charge is 2.31. The van der Waals surface area contributed by atoms with Crippen molar-refractivity contribution in [2.75, 3.05) is 10.6 Å². The molecule has 2 amide bonds. The van der Waals surface area contributed by atoms with Crippen molar-refractivity contribution >= 4 is 23.2 Å². The third-order valence-electron chi connectivity index (χ3n) is 3.86. The number of halogens is 1. The van der Waals surface area contributed by atoms with Crippen molar-refractivity contribution in [1.29, 1.82) is 0 Å². The monoisotopic (exact) mass is 342 g/mol. The Balaban J connectivity index is 1.76. The Morgan fingerprint density at radius 3 is 2.64 bits per heavy atom. The molecule has 0 aromatic heterocycles. The second-order valence-corrected chi connectivity index (χ2v) is 6.22. The highest BCUT2D eigenvalue weighted by Crippen LogP contribution is 2.33. The molecule has 1 aliphatic rings. The van der Waals surface area contributed by atoms with Gasteiger partial charge in [-0.25, -0.2) is 4.39 Å². The average Bonchev–Trinajstić information content (AvgIpc) is 2.55. The summed E-state index contributed by atoms with van der Waals surface area (Å²) in [4.78, 5) is 24.4. The van der Waals surface area contributed by atoms with E-state index in [9.17, 15) is 14.0 Å². The summed E-state index contributed by atoms with van der Waals surface area (Å²) in [5, 5.41) is 5.40. The molecular formula is C19H19FN2O3. The Morgan fingerprint density at radius 2 is 1.96 bits per heavy atom. The number of anilines is 2. The number of benzene rings is 2. The molecule has 0 spiro atoms. The summed E-state index contributed by atoms with van der Waals surface area (Å²) < 4.78 is 18.9. The molecule has 6 heteroatoms. The fraction of sp³-hybridized carbons (Fsp3) is 0.263. The first-order valence-electron chi connectivity index (χ1n) is 8.09. The number of fused-ring (bicyclic) bond motifs is 1. The SMILES string of the molecule is CC(C)Oc1ccc(NC(=O)[C@@H]2CC(=O)Nc3cc(F)ccc32)cc1. The minimum Gasteiger partial charge on any atom is -0.491 e. The molecule has 2 aromatic rings. The van der Waals surface area contributed by atoms with Gasteiger partial charge in [0.05, 0.1) is 12.0 Å². The normalized spacial score (nSPS) is 16.2. The molecule has 0 saturated heterocycles. The average molecular weight is 342 g/mol. The van der Waals surface area contributed by atoms with Crippen LogP contribution < -0.4 is 15.4 Å². The second kappa shape index (κ2) is 6.93. The number of amides is 2. The lowest BCUT2D eigenvalue weighted by Crippen LogP contribution is -2.30. The lowest BCUT2D eigenvalue weighted by atomic mass is 9.89. The number of carbonyl (C=O) groups is 2. The lowest BCUT2D eigenvalue weighted by molar-refractivity contribution is -0.123. The van der Waals surface area contributed by atoms with Gasteiger partial charge >= 0.3 is 0 Å². The molecule has 2 N–H and O–H groups in total. The van der Waals surface area contributed by atoms with E-state index in [0.29, 0.717) is 22.7 Å². The van der Waals surface area contributed by atoms with Gasteiger partial charge in [-0.3, -0.25) is 9.59 Å². The fourth-order valence-corrected chi connectivity index (χ4v) is 2.79. The Morgan fingerprint density at radius 1 is 1.24 bits per heavy atom. The van der Waals surface area contributed by atoms with Crippen LogP contribution in [-0.4, -0.2) is 17.9 Å². The molecule has 0 bridgehead atoms. The van der Waals surface area contributed by atoms with E-state index < -0.39 is 11.7 Å². The molecule has 0 unspecified atom stereocenters. The van der Waals surface area contributed by atoms with Gasteiger partial charge in [-0.05, 0) is 55.8 Å². The second-order valence-electron chi connectivity index (χ2n) is 6.22. The van der Waals surface area contributed by atoms with Gasteiger partial charge in [-0.15, -0.1) is 0 Å². The molecule has 25 heavy (non-hydrogen) atoms. The smallest absolute Gasteiger partial charge is 0.232 e. The van der Waals surface area contributed by atoms with E-state index in [2.05, 4.69) is 10.6 Å². The van der Waals surface area contributed by atoms with E-state index >= 15 is 0 Å². The molecule has 0 fully saturated rings. The Hall–Kier alpha value is -2.89. The van der Waals surface area contributed by atoms with Crippen molar-refractivity contribution in [3.63, 3.8) is 0 Å². The minimum atomic E-state index is -0.657. The number of rotatable bonds is 4. The van der Waals surface area contributed by atoms with Crippen LogP contribution in [0.3, 0.4) is 0 Å². The first-order valence-corrected chi connectivity index (χ1v) is 8.09. The maximum absolute atomic E-state index is 13.4. The van der Waals surface area contributed by atoms with Gasteiger partial charge in [0.15, 0.2) is 0 Å². The summed E-state index contributed by atoms with van der Waals surface area (Å²) in [7, 11) is 0. The zero-order valence-corrected chi connectivity index (χ0v) is 14.0. The van der Waals surface area contributed by atoms with Crippen LogP contribution in [-0.2, 0) is 9.59 Å². The van der Waals surface area contributed by atoms with Crippen molar-refractivity contribution in [3.8, 4) is 5.75 Å². The van der Waals surface area contributed by atoms with Gasteiger partial charge in [0.25, 0.3) is 0 Å². The van der Waals surface area contributed by atoms with Crippen molar-refractivity contribution in [1.82, 2.24) is 0 Å². The molecule has 0 aliphatic carbocycles. The number of hydrogen-bond donors (Lipinski definition) is 2. The Labute approximate surface area is 145 Å². The molecule has 0 radical (unpaired) electrons. The standard InChI is InChI=1S/C19H19FN2O3/c1-11(2)25-14-6-4-13(5-7-14)21-19(24)16-10-18(23)22-17-9-12(20)3-8-15(16)17/h3-9,11,16H,10H2,1-2H3,(H,21,24)(H,22,23)/t16-/m1/s1. The lowest BCUT2D eigenvalue weighted by Gasteiger charge is -2.25. The third-order valence-corrected chi connectivity index (χ3v) is 3.86. The summed E-state index contributed by atoms with van der Waals surface area (Å²) in [5.41, 5.74) is 1.56. The van der Waals surface area contributed by atoms with E-state index in [0.717, 1.165) is 0 Å². The molecule has 5 nitrogen and oxygen atoms in total. The highest BCUT2D eigenvalue weighted by atomic mass is 19.1. The van der Waals surface area contributed by atoms with E-state index in [1.54, 1.807) is 24.3 Å². The number of nitrogens with one attached hydrogen (secondary N) is 2. The summed E-state index contributed by atoms with van der Waals surface area (Å²) in [6.45, 7) is 3.87. The summed E-state index contributed by atoms with van der Waals surface area (Å²) in [6.07, 6.45) is 0.0945. The summed E-state index contributed by atoms with van der Waals surface area (Å²) in [6, 6.07) is 11.1. The van der Waals surface area contributed by atoms with Crippen LogP contribution >= 0.6 is 0 Å². The van der Waals surface area contributed by atoms with Crippen LogP contribution in [0.2, 0.25) is 0 Å². The summed E-state index contributed by atoms with van der Waals surface area (Å²) in [5.74, 6) is -1.01. The zero-order valence-electron chi connectivity index (χ0n) is 14.0. The van der Waals surface area contributed by atoms with Crippen molar-refractivity contribution < 1.29 is 18.7 Å². The van der Waals surface area contributed by atoms with Gasteiger partial charge in [-0.2, -0.15) is 0 Å². The van der Waals surface area contributed by atoms with E-state index in [1.807, 2.05) is 13.8 Å². The van der Waals surface area contributed by atoms with Gasteiger partial charge < -0.3 is 15.4 Å². The maximum atomic E-state index is 13.4. The maximum Gasteiger partial charge on any atom is 0.232 e. The first kappa shape index (κ1) is 17.0. The van der Waals surface area contributed by atoms with Crippen molar-refractivity contribution in [3.05, 3.63) is 53.8 Å². The van der Waals surface area contributed by atoms with Crippen molar-refractivity contribution in [2.45, 2.75) is 32.3 Å². The quantitative estimate of drug-likeness (QED) is 0.891. The predicted octanol–water partition coefficient (Wildman–Crippen LogP) is 3.68. The van der Waals surface area contributed by atoms with Crippen LogP contribution in [0.4, 0.5) is 15.8 Å². The molecule has 1 atom stereocenters. The van der Waals surface area contributed by atoms with Crippen LogP contribution in [0.15, 0.2) is 42.5 Å². The van der Waals surface area contributed by atoms with Crippen LogP contribution in [0, 0.1) is 5.82 Å². The highest BCUT2D eigenvalue weighted by molar-refractivity contribution is 6.05. The van der Waals surface area contributed by atoms with Gasteiger partial charge in [0.1, 0.15) is 11.6 Å². The van der Waals surface area contributed by atoms with Crippen LogP contribution in [0.1, 0.15) is 31.7 Å².